The molecule has 3 aromatic carbocycles. The van der Waals surface area contributed by atoms with Gasteiger partial charge in [-0.3, -0.25) is 9.36 Å². The highest BCUT2D eigenvalue weighted by Crippen LogP contribution is 2.33. The lowest BCUT2D eigenvalue weighted by atomic mass is 10.0. The lowest BCUT2D eigenvalue weighted by Gasteiger charge is -2.17. The summed E-state index contributed by atoms with van der Waals surface area (Å²) in [4.78, 5) is 17.9. The number of unbranched alkanes of at least 4 members (excludes halogenated alkanes) is 1. The lowest BCUT2D eigenvalue weighted by Crippen LogP contribution is -2.29. The second-order valence-corrected chi connectivity index (χ2v) is 9.15. The van der Waals surface area contributed by atoms with Crippen molar-refractivity contribution in [2.45, 2.75) is 57.8 Å². The van der Waals surface area contributed by atoms with E-state index in [4.69, 9.17) is 10.5 Å². The molecule has 0 bridgehead atoms. The van der Waals surface area contributed by atoms with Crippen LogP contribution >= 0.6 is 0 Å². The van der Waals surface area contributed by atoms with Crippen molar-refractivity contribution in [1.82, 2.24) is 9.55 Å². The zero-order valence-corrected chi connectivity index (χ0v) is 19.6. The van der Waals surface area contributed by atoms with Gasteiger partial charge in [0, 0.05) is 0 Å². The summed E-state index contributed by atoms with van der Waals surface area (Å²) in [5.74, 6) is 0.233. The van der Waals surface area contributed by atoms with Crippen LogP contribution < -0.4 is 11.3 Å². The van der Waals surface area contributed by atoms with E-state index < -0.39 is 0 Å². The van der Waals surface area contributed by atoms with E-state index >= 15 is 0 Å². The highest BCUT2D eigenvalue weighted by atomic mass is 16.5. The van der Waals surface area contributed by atoms with E-state index in [9.17, 15) is 4.79 Å². The van der Waals surface area contributed by atoms with Gasteiger partial charge >= 0.3 is 0 Å². The number of nitrogens with zero attached hydrogens (tertiary/aromatic N) is 2. The first-order chi connectivity index (χ1) is 16.6. The number of ether oxygens (including phenoxy) is 1. The summed E-state index contributed by atoms with van der Waals surface area (Å²) in [5.41, 5.74) is 11.4. The van der Waals surface area contributed by atoms with E-state index in [0.29, 0.717) is 17.4 Å². The Labute approximate surface area is 200 Å². The third-order valence-electron chi connectivity index (χ3n) is 6.76. The fraction of sp³-hybridized carbons (Fsp3) is 0.310. The van der Waals surface area contributed by atoms with Gasteiger partial charge < -0.3 is 10.5 Å². The van der Waals surface area contributed by atoms with Crippen molar-refractivity contribution >= 4 is 16.9 Å². The van der Waals surface area contributed by atoms with Crippen LogP contribution in [-0.2, 0) is 17.7 Å². The van der Waals surface area contributed by atoms with E-state index in [1.54, 1.807) is 4.57 Å². The minimum absolute atomic E-state index is 0.0602. The number of fused-ring (bicyclic) bond motifs is 1. The van der Waals surface area contributed by atoms with Crippen LogP contribution in [0.2, 0.25) is 0 Å². The number of hydrogen-bond acceptors (Lipinski definition) is 4. The van der Waals surface area contributed by atoms with Crippen molar-refractivity contribution in [3.8, 4) is 11.1 Å². The third kappa shape index (κ3) is 4.62. The van der Waals surface area contributed by atoms with Crippen LogP contribution in [0.4, 0.5) is 5.95 Å². The Hall–Kier alpha value is -3.44. The standard InChI is InChI=1S/C29H31N3O2/c1-2-3-7-20-10-12-21(13-11-20)23-14-16-25-26(18-23)31-29(30)32(28(25)33)19-24-15-17-27(34-24)22-8-5-4-6-9-22/h4-6,8-14,16,18,24,27H,2-3,7,15,17,19H2,1H3,(H2,30,31)/t24-,27+/m0/s1. The Morgan fingerprint density at radius 3 is 2.53 bits per heavy atom. The molecule has 0 aliphatic carbocycles. The maximum atomic E-state index is 13.3. The Balaban J connectivity index is 1.36. The van der Waals surface area contributed by atoms with Crippen LogP contribution in [0.25, 0.3) is 22.0 Å². The number of anilines is 1. The average molecular weight is 454 g/mol. The molecule has 5 rings (SSSR count). The van der Waals surface area contributed by atoms with Gasteiger partial charge in [0.15, 0.2) is 0 Å². The normalized spacial score (nSPS) is 17.9. The molecule has 1 aliphatic heterocycles. The Bertz CT molecular complexity index is 1330. The quantitative estimate of drug-likeness (QED) is 0.378. The van der Waals surface area contributed by atoms with Crippen LogP contribution in [0.15, 0.2) is 77.6 Å². The van der Waals surface area contributed by atoms with E-state index in [1.807, 2.05) is 36.4 Å². The van der Waals surface area contributed by atoms with Gasteiger partial charge in [-0.2, -0.15) is 0 Å². The molecule has 4 aromatic rings. The molecule has 0 radical (unpaired) electrons. The number of hydrogen-bond donors (Lipinski definition) is 1. The number of benzene rings is 3. The van der Waals surface area contributed by atoms with Crippen molar-refractivity contribution in [2.24, 2.45) is 0 Å². The summed E-state index contributed by atoms with van der Waals surface area (Å²) < 4.78 is 7.80. The summed E-state index contributed by atoms with van der Waals surface area (Å²) in [5, 5.41) is 0.579. The van der Waals surface area contributed by atoms with E-state index in [1.165, 1.54) is 24.0 Å². The number of rotatable bonds is 7. The fourth-order valence-corrected chi connectivity index (χ4v) is 4.80. The van der Waals surface area contributed by atoms with Gasteiger partial charge in [0.1, 0.15) is 0 Å². The highest BCUT2D eigenvalue weighted by Gasteiger charge is 2.27. The molecule has 1 saturated heterocycles. The third-order valence-corrected chi connectivity index (χ3v) is 6.76. The predicted molar refractivity (Wildman–Crippen MR) is 138 cm³/mol. The van der Waals surface area contributed by atoms with Crippen LogP contribution in [0, 0.1) is 0 Å². The maximum Gasteiger partial charge on any atom is 0.262 e. The zero-order valence-electron chi connectivity index (χ0n) is 19.6. The Kier molecular flexibility index (Phi) is 6.45. The molecule has 0 unspecified atom stereocenters. The van der Waals surface area contributed by atoms with E-state index in [0.717, 1.165) is 30.4 Å². The summed E-state index contributed by atoms with van der Waals surface area (Å²) in [7, 11) is 0. The molecule has 0 spiro atoms. The molecule has 0 saturated carbocycles. The molecule has 5 nitrogen and oxygen atoms in total. The lowest BCUT2D eigenvalue weighted by molar-refractivity contribution is 0.0348. The maximum absolute atomic E-state index is 13.3. The molecular weight excluding hydrogens is 422 g/mol. The average Bonchev–Trinajstić information content (AvgIpc) is 3.34. The van der Waals surface area contributed by atoms with Crippen LogP contribution in [0.5, 0.6) is 0 Å². The van der Waals surface area contributed by atoms with Crippen molar-refractivity contribution in [2.75, 3.05) is 5.73 Å². The van der Waals surface area contributed by atoms with Gasteiger partial charge in [0.05, 0.1) is 29.7 Å². The first-order valence-corrected chi connectivity index (χ1v) is 12.2. The van der Waals surface area contributed by atoms with Crippen molar-refractivity contribution < 1.29 is 4.74 Å². The first kappa shape index (κ1) is 22.4. The van der Waals surface area contributed by atoms with Gasteiger partial charge in [-0.1, -0.05) is 74.0 Å². The summed E-state index contributed by atoms with van der Waals surface area (Å²) in [6, 6.07) is 24.7. The Morgan fingerprint density at radius 1 is 1.00 bits per heavy atom. The minimum Gasteiger partial charge on any atom is -0.369 e. The molecule has 34 heavy (non-hydrogen) atoms. The fourth-order valence-electron chi connectivity index (χ4n) is 4.80. The number of nitrogens with two attached hydrogens (primary N) is 1. The molecule has 5 heteroatoms. The summed E-state index contributed by atoms with van der Waals surface area (Å²) in [6.45, 7) is 2.62. The minimum atomic E-state index is -0.115. The van der Waals surface area contributed by atoms with E-state index in [2.05, 4.69) is 48.3 Å². The van der Waals surface area contributed by atoms with E-state index in [-0.39, 0.29) is 23.7 Å². The van der Waals surface area contributed by atoms with Gasteiger partial charge in [-0.25, -0.2) is 4.98 Å². The second-order valence-electron chi connectivity index (χ2n) is 9.15. The monoisotopic (exact) mass is 453 g/mol. The summed E-state index contributed by atoms with van der Waals surface area (Å²) in [6.07, 6.45) is 5.31. The van der Waals surface area contributed by atoms with Crippen LogP contribution in [0.1, 0.15) is 49.8 Å². The van der Waals surface area contributed by atoms with Gasteiger partial charge in [-0.05, 0) is 60.1 Å². The molecule has 1 aliphatic rings. The molecular formula is C29H31N3O2. The molecule has 2 N–H and O–H groups in total. The van der Waals surface area contributed by atoms with Gasteiger partial charge in [0.25, 0.3) is 5.56 Å². The largest absolute Gasteiger partial charge is 0.369 e. The van der Waals surface area contributed by atoms with Crippen LogP contribution in [-0.4, -0.2) is 15.7 Å². The molecule has 2 heterocycles. The molecule has 2 atom stereocenters. The molecule has 0 amide bonds. The van der Waals surface area contributed by atoms with Crippen molar-refractivity contribution in [3.63, 3.8) is 0 Å². The number of aryl methyl sites for hydroxylation is 1. The molecule has 1 fully saturated rings. The number of aromatic nitrogens is 2. The number of nitrogen functional groups attached to an aromatic ring is 1. The zero-order chi connectivity index (χ0) is 23.5. The van der Waals surface area contributed by atoms with Crippen molar-refractivity contribution in [3.05, 3.63) is 94.3 Å². The topological polar surface area (TPSA) is 70.1 Å². The molecule has 1 aromatic heterocycles. The second kappa shape index (κ2) is 9.82. The van der Waals surface area contributed by atoms with Crippen LogP contribution in [0.3, 0.4) is 0 Å². The smallest absolute Gasteiger partial charge is 0.262 e. The Morgan fingerprint density at radius 2 is 1.76 bits per heavy atom. The summed E-state index contributed by atoms with van der Waals surface area (Å²) >= 11 is 0. The van der Waals surface area contributed by atoms with Gasteiger partial charge in [-0.15, -0.1) is 0 Å². The van der Waals surface area contributed by atoms with Crippen molar-refractivity contribution in [1.29, 1.82) is 0 Å². The SMILES string of the molecule is CCCCc1ccc(-c2ccc3c(=O)n(C[C@@H]4CC[C@H](c5ccccc5)O4)c(N)nc3c2)cc1. The predicted octanol–water partition coefficient (Wildman–Crippen LogP) is 5.91. The highest BCUT2D eigenvalue weighted by molar-refractivity contribution is 5.84. The molecule has 174 valence electrons. The first-order valence-electron chi connectivity index (χ1n) is 12.2. The van der Waals surface area contributed by atoms with Gasteiger partial charge in [0.2, 0.25) is 5.95 Å².